The highest BCUT2D eigenvalue weighted by molar-refractivity contribution is 7.89. The summed E-state index contributed by atoms with van der Waals surface area (Å²) in [5.74, 6) is -1.28. The molecule has 20 heavy (non-hydrogen) atoms. The van der Waals surface area contributed by atoms with Gasteiger partial charge in [-0.25, -0.2) is 21.9 Å². The number of halogens is 2. The fourth-order valence-electron chi connectivity index (χ4n) is 2.41. The van der Waals surface area contributed by atoms with Crippen LogP contribution in [0.4, 0.5) is 8.78 Å². The van der Waals surface area contributed by atoms with Crippen LogP contribution in [0.3, 0.4) is 0 Å². The summed E-state index contributed by atoms with van der Waals surface area (Å²) in [6.07, 6.45) is 3.65. The second-order valence-corrected chi connectivity index (χ2v) is 6.76. The highest BCUT2D eigenvalue weighted by atomic mass is 32.2. The van der Waals surface area contributed by atoms with Crippen molar-refractivity contribution in [3.05, 3.63) is 41.5 Å². The number of rotatable bonds is 5. The van der Waals surface area contributed by atoms with Gasteiger partial charge in [0.1, 0.15) is 11.6 Å². The van der Waals surface area contributed by atoms with Crippen LogP contribution in [0.5, 0.6) is 0 Å². The van der Waals surface area contributed by atoms with Gasteiger partial charge in [0.05, 0.1) is 5.75 Å². The van der Waals surface area contributed by atoms with Crippen molar-refractivity contribution in [2.75, 3.05) is 5.75 Å². The fourth-order valence-corrected chi connectivity index (χ4v) is 3.74. The van der Waals surface area contributed by atoms with Gasteiger partial charge >= 0.3 is 0 Å². The van der Waals surface area contributed by atoms with Gasteiger partial charge in [-0.05, 0) is 42.5 Å². The minimum atomic E-state index is -3.35. The fraction of sp³-hybridized carbons (Fsp3) is 0.429. The van der Waals surface area contributed by atoms with Gasteiger partial charge in [-0.3, -0.25) is 0 Å². The number of nitrogens with one attached hydrogen (secondary N) is 1. The molecular weight excluding hydrogens is 284 g/mol. The van der Waals surface area contributed by atoms with E-state index in [9.17, 15) is 17.2 Å². The van der Waals surface area contributed by atoms with Gasteiger partial charge in [0.2, 0.25) is 10.0 Å². The molecule has 1 unspecified atom stereocenters. The Balaban J connectivity index is 2.23. The van der Waals surface area contributed by atoms with E-state index in [1.165, 1.54) is 12.1 Å². The SMILES string of the molecule is CCCS(=O)(=O)NC1CCC=C1c1cc(F)cc(F)c1. The van der Waals surface area contributed by atoms with Crippen molar-refractivity contribution in [1.82, 2.24) is 4.72 Å². The van der Waals surface area contributed by atoms with Crippen LogP contribution in [-0.2, 0) is 10.0 Å². The van der Waals surface area contributed by atoms with Crippen LogP contribution < -0.4 is 4.72 Å². The summed E-state index contributed by atoms with van der Waals surface area (Å²) >= 11 is 0. The van der Waals surface area contributed by atoms with Gasteiger partial charge < -0.3 is 0 Å². The zero-order chi connectivity index (χ0) is 14.8. The molecule has 110 valence electrons. The van der Waals surface area contributed by atoms with Crippen molar-refractivity contribution in [2.45, 2.75) is 32.2 Å². The van der Waals surface area contributed by atoms with E-state index in [2.05, 4.69) is 4.72 Å². The Morgan fingerprint density at radius 2 is 1.90 bits per heavy atom. The molecule has 1 aliphatic rings. The summed E-state index contributed by atoms with van der Waals surface area (Å²) in [6.45, 7) is 1.78. The summed E-state index contributed by atoms with van der Waals surface area (Å²) in [5, 5.41) is 0. The summed E-state index contributed by atoms with van der Waals surface area (Å²) in [6, 6.07) is 2.84. The average Bonchev–Trinajstić information content (AvgIpc) is 2.74. The molecule has 1 aliphatic carbocycles. The first-order valence-corrected chi connectivity index (χ1v) is 8.23. The normalized spacial score (nSPS) is 19.1. The minimum Gasteiger partial charge on any atom is -0.212 e. The van der Waals surface area contributed by atoms with Crippen molar-refractivity contribution in [1.29, 1.82) is 0 Å². The van der Waals surface area contributed by atoms with Gasteiger partial charge in [0, 0.05) is 12.1 Å². The predicted octanol–water partition coefficient (Wildman–Crippen LogP) is 2.84. The minimum absolute atomic E-state index is 0.0499. The maximum Gasteiger partial charge on any atom is 0.212 e. The number of sulfonamides is 1. The molecule has 0 heterocycles. The Hall–Kier alpha value is -1.27. The molecular formula is C14H17F2NO2S. The van der Waals surface area contributed by atoms with Crippen LogP contribution in [0.2, 0.25) is 0 Å². The van der Waals surface area contributed by atoms with E-state index in [1.807, 2.05) is 6.08 Å². The zero-order valence-electron chi connectivity index (χ0n) is 11.2. The second-order valence-electron chi connectivity index (χ2n) is 4.88. The lowest BCUT2D eigenvalue weighted by Gasteiger charge is -2.17. The molecule has 0 aromatic heterocycles. The molecule has 0 spiro atoms. The van der Waals surface area contributed by atoms with E-state index in [0.717, 1.165) is 6.07 Å². The van der Waals surface area contributed by atoms with Crippen LogP contribution in [0.15, 0.2) is 24.3 Å². The first kappa shape index (κ1) is 15.1. The third-order valence-corrected chi connectivity index (χ3v) is 4.77. The molecule has 0 saturated carbocycles. The van der Waals surface area contributed by atoms with Gasteiger partial charge in [-0.2, -0.15) is 0 Å². The number of allylic oxidation sites excluding steroid dienone is 1. The Bertz CT molecular complexity index is 606. The van der Waals surface area contributed by atoms with Crippen LogP contribution >= 0.6 is 0 Å². The summed E-state index contributed by atoms with van der Waals surface area (Å²) < 4.78 is 52.7. The smallest absolute Gasteiger partial charge is 0.212 e. The van der Waals surface area contributed by atoms with Crippen molar-refractivity contribution < 1.29 is 17.2 Å². The van der Waals surface area contributed by atoms with Crippen molar-refractivity contribution in [2.24, 2.45) is 0 Å². The Morgan fingerprint density at radius 1 is 1.25 bits per heavy atom. The lowest BCUT2D eigenvalue weighted by molar-refractivity contribution is 0.568. The monoisotopic (exact) mass is 301 g/mol. The molecule has 0 amide bonds. The maximum atomic E-state index is 13.3. The summed E-state index contributed by atoms with van der Waals surface area (Å²) in [4.78, 5) is 0. The van der Waals surface area contributed by atoms with Crippen molar-refractivity contribution in [3.63, 3.8) is 0 Å². The quantitative estimate of drug-likeness (QED) is 0.909. The third-order valence-electron chi connectivity index (χ3n) is 3.19. The molecule has 6 heteroatoms. The van der Waals surface area contributed by atoms with Gasteiger partial charge in [-0.1, -0.05) is 13.0 Å². The lowest BCUT2D eigenvalue weighted by Crippen LogP contribution is -2.35. The van der Waals surface area contributed by atoms with Crippen molar-refractivity contribution >= 4 is 15.6 Å². The van der Waals surface area contributed by atoms with Gasteiger partial charge in [0.15, 0.2) is 0 Å². The van der Waals surface area contributed by atoms with Crippen LogP contribution in [0.1, 0.15) is 31.7 Å². The third kappa shape index (κ3) is 3.64. The molecule has 0 radical (unpaired) electrons. The Kier molecular flexibility index (Phi) is 4.55. The molecule has 1 aromatic carbocycles. The number of benzene rings is 1. The largest absolute Gasteiger partial charge is 0.212 e. The van der Waals surface area contributed by atoms with E-state index < -0.39 is 27.7 Å². The molecule has 0 aliphatic heterocycles. The maximum absolute atomic E-state index is 13.3. The Labute approximate surface area is 117 Å². The standard InChI is InChI=1S/C14H17F2NO2S/c1-2-6-20(18,19)17-14-5-3-4-13(14)10-7-11(15)9-12(16)8-10/h4,7-9,14,17H,2-3,5-6H2,1H3. The number of hydrogen-bond acceptors (Lipinski definition) is 2. The first-order valence-electron chi connectivity index (χ1n) is 6.58. The topological polar surface area (TPSA) is 46.2 Å². The molecule has 1 atom stereocenters. The molecule has 0 saturated heterocycles. The highest BCUT2D eigenvalue weighted by Crippen LogP contribution is 2.29. The molecule has 0 bridgehead atoms. The Morgan fingerprint density at radius 3 is 2.50 bits per heavy atom. The van der Waals surface area contributed by atoms with Crippen molar-refractivity contribution in [3.8, 4) is 0 Å². The zero-order valence-corrected chi connectivity index (χ0v) is 12.0. The molecule has 3 nitrogen and oxygen atoms in total. The first-order chi connectivity index (χ1) is 9.41. The van der Waals surface area contributed by atoms with E-state index in [0.29, 0.717) is 30.4 Å². The second kappa shape index (κ2) is 6.01. The predicted molar refractivity (Wildman–Crippen MR) is 74.6 cm³/mol. The molecule has 1 N–H and O–H groups in total. The number of hydrogen-bond donors (Lipinski definition) is 1. The summed E-state index contributed by atoms with van der Waals surface area (Å²) in [5.41, 5.74) is 1.03. The van der Waals surface area contributed by atoms with E-state index >= 15 is 0 Å². The van der Waals surface area contributed by atoms with Crippen LogP contribution in [0.25, 0.3) is 5.57 Å². The van der Waals surface area contributed by atoms with E-state index in [1.54, 1.807) is 6.92 Å². The average molecular weight is 301 g/mol. The summed E-state index contributed by atoms with van der Waals surface area (Å²) in [7, 11) is -3.35. The van der Waals surface area contributed by atoms with Gasteiger partial charge in [0.25, 0.3) is 0 Å². The molecule has 1 aromatic rings. The molecule has 2 rings (SSSR count). The highest BCUT2D eigenvalue weighted by Gasteiger charge is 2.25. The molecule has 0 fully saturated rings. The van der Waals surface area contributed by atoms with Crippen LogP contribution in [0, 0.1) is 11.6 Å². The van der Waals surface area contributed by atoms with E-state index in [-0.39, 0.29) is 5.75 Å². The lowest BCUT2D eigenvalue weighted by atomic mass is 10.0. The van der Waals surface area contributed by atoms with E-state index in [4.69, 9.17) is 0 Å². The van der Waals surface area contributed by atoms with Crippen LogP contribution in [-0.4, -0.2) is 20.2 Å². The van der Waals surface area contributed by atoms with Gasteiger partial charge in [-0.15, -0.1) is 0 Å².